The molecular weight excluding hydrogens is 380 g/mol. The van der Waals surface area contributed by atoms with Crippen molar-refractivity contribution < 1.29 is 29.9 Å². The Hall–Kier alpha value is -1.61. The van der Waals surface area contributed by atoms with Crippen LogP contribution in [0.5, 0.6) is 5.75 Å². The van der Waals surface area contributed by atoms with Gasteiger partial charge in [-0.3, -0.25) is 0 Å². The lowest BCUT2D eigenvalue weighted by molar-refractivity contribution is -0.277. The molecule has 0 amide bonds. The van der Waals surface area contributed by atoms with E-state index in [1.54, 1.807) is 17.8 Å². The predicted octanol–water partition coefficient (Wildman–Crippen LogP) is 1.57. The van der Waals surface area contributed by atoms with Gasteiger partial charge in [-0.25, -0.2) is 0 Å². The van der Waals surface area contributed by atoms with E-state index in [0.29, 0.717) is 12.2 Å². The van der Waals surface area contributed by atoms with Gasteiger partial charge in [0.1, 0.15) is 30.2 Å². The standard InChI is InChI=1S/C21H26O6S/c1-2-28-15-9-7-13(8-10-15)11-14-5-3-4-6-16(14)26-21-20(25)19(24)18(23)17(12-22)27-21/h3-10,17-25H,2,11-12H2,1H3/t17-,18-,19+,20-,21?/m1/s1. The molecule has 0 saturated carbocycles. The summed E-state index contributed by atoms with van der Waals surface area (Å²) in [7, 11) is 0. The number of hydrogen-bond acceptors (Lipinski definition) is 7. The van der Waals surface area contributed by atoms with Crippen molar-refractivity contribution >= 4 is 11.8 Å². The van der Waals surface area contributed by atoms with Gasteiger partial charge >= 0.3 is 0 Å². The van der Waals surface area contributed by atoms with E-state index in [-0.39, 0.29) is 0 Å². The molecule has 1 unspecified atom stereocenters. The van der Waals surface area contributed by atoms with E-state index < -0.39 is 37.3 Å². The fraction of sp³-hybridized carbons (Fsp3) is 0.429. The molecule has 1 fully saturated rings. The zero-order valence-corrected chi connectivity index (χ0v) is 16.5. The number of aliphatic hydroxyl groups excluding tert-OH is 4. The lowest BCUT2D eigenvalue weighted by Gasteiger charge is -2.39. The Kier molecular flexibility index (Phi) is 7.34. The molecule has 1 saturated heterocycles. The molecule has 1 aliphatic heterocycles. The second-order valence-corrected chi connectivity index (χ2v) is 8.01. The molecule has 5 atom stereocenters. The Morgan fingerprint density at radius 3 is 2.36 bits per heavy atom. The minimum absolute atomic E-state index is 0.491. The number of hydrogen-bond donors (Lipinski definition) is 4. The lowest BCUT2D eigenvalue weighted by Crippen LogP contribution is -2.60. The Balaban J connectivity index is 1.74. The van der Waals surface area contributed by atoms with E-state index in [4.69, 9.17) is 9.47 Å². The monoisotopic (exact) mass is 406 g/mol. The largest absolute Gasteiger partial charge is 0.462 e. The molecule has 0 aliphatic carbocycles. The number of ether oxygens (including phenoxy) is 2. The first-order valence-electron chi connectivity index (χ1n) is 9.30. The highest BCUT2D eigenvalue weighted by atomic mass is 32.2. The first kappa shape index (κ1) is 21.1. The fourth-order valence-electron chi connectivity index (χ4n) is 3.14. The van der Waals surface area contributed by atoms with E-state index >= 15 is 0 Å². The van der Waals surface area contributed by atoms with Gasteiger partial charge in [0.25, 0.3) is 0 Å². The van der Waals surface area contributed by atoms with Crippen LogP contribution in [0, 0.1) is 0 Å². The van der Waals surface area contributed by atoms with Crippen LogP contribution in [0.3, 0.4) is 0 Å². The van der Waals surface area contributed by atoms with Gasteiger partial charge in [0.2, 0.25) is 6.29 Å². The summed E-state index contributed by atoms with van der Waals surface area (Å²) in [5.41, 5.74) is 2.01. The molecule has 1 aliphatic rings. The second kappa shape index (κ2) is 9.73. The number of thioether (sulfide) groups is 1. The molecule has 0 bridgehead atoms. The molecule has 7 heteroatoms. The molecule has 0 spiro atoms. The molecule has 2 aromatic rings. The first-order valence-corrected chi connectivity index (χ1v) is 10.3. The minimum Gasteiger partial charge on any atom is -0.462 e. The van der Waals surface area contributed by atoms with Crippen LogP contribution in [0.15, 0.2) is 53.4 Å². The number of benzene rings is 2. The fourth-order valence-corrected chi connectivity index (χ4v) is 3.81. The van der Waals surface area contributed by atoms with Crippen molar-refractivity contribution in [2.45, 2.75) is 48.9 Å². The summed E-state index contributed by atoms with van der Waals surface area (Å²) in [6.07, 6.45) is -5.87. The van der Waals surface area contributed by atoms with E-state index in [0.717, 1.165) is 16.9 Å². The predicted molar refractivity (Wildman–Crippen MR) is 106 cm³/mol. The summed E-state index contributed by atoms with van der Waals surface area (Å²) < 4.78 is 11.3. The number of aliphatic hydroxyl groups is 4. The van der Waals surface area contributed by atoms with Crippen molar-refractivity contribution in [1.29, 1.82) is 0 Å². The highest BCUT2D eigenvalue weighted by molar-refractivity contribution is 7.99. The third-order valence-electron chi connectivity index (χ3n) is 4.69. The molecule has 2 aromatic carbocycles. The maximum atomic E-state index is 10.2. The summed E-state index contributed by atoms with van der Waals surface area (Å²) >= 11 is 1.79. The third kappa shape index (κ3) is 4.86. The zero-order valence-electron chi connectivity index (χ0n) is 15.6. The molecule has 1 heterocycles. The zero-order chi connectivity index (χ0) is 20.1. The normalized spacial score (nSPS) is 27.5. The second-order valence-electron chi connectivity index (χ2n) is 6.68. The Bertz CT molecular complexity index is 751. The van der Waals surface area contributed by atoms with Crippen molar-refractivity contribution in [3.05, 3.63) is 59.7 Å². The lowest BCUT2D eigenvalue weighted by atomic mass is 9.99. The molecule has 28 heavy (non-hydrogen) atoms. The van der Waals surface area contributed by atoms with Crippen LogP contribution < -0.4 is 4.74 Å². The Morgan fingerprint density at radius 2 is 1.68 bits per heavy atom. The van der Waals surface area contributed by atoms with Crippen LogP contribution in [-0.2, 0) is 11.2 Å². The van der Waals surface area contributed by atoms with Crippen molar-refractivity contribution in [3.8, 4) is 5.75 Å². The van der Waals surface area contributed by atoms with Crippen LogP contribution in [-0.4, -0.2) is 63.5 Å². The van der Waals surface area contributed by atoms with Gasteiger partial charge in [-0.1, -0.05) is 37.3 Å². The summed E-state index contributed by atoms with van der Waals surface area (Å²) in [4.78, 5) is 1.22. The van der Waals surface area contributed by atoms with E-state index in [2.05, 4.69) is 31.2 Å². The average Bonchev–Trinajstić information content (AvgIpc) is 2.71. The van der Waals surface area contributed by atoms with E-state index in [9.17, 15) is 20.4 Å². The van der Waals surface area contributed by atoms with Crippen molar-refractivity contribution in [3.63, 3.8) is 0 Å². The van der Waals surface area contributed by atoms with Crippen LogP contribution in [0.25, 0.3) is 0 Å². The molecule has 152 valence electrons. The van der Waals surface area contributed by atoms with Gasteiger partial charge in [0.15, 0.2) is 0 Å². The van der Waals surface area contributed by atoms with Gasteiger partial charge in [-0.2, -0.15) is 0 Å². The smallest absolute Gasteiger partial charge is 0.229 e. The van der Waals surface area contributed by atoms with Crippen LogP contribution >= 0.6 is 11.8 Å². The highest BCUT2D eigenvalue weighted by Gasteiger charge is 2.44. The maximum Gasteiger partial charge on any atom is 0.229 e. The van der Waals surface area contributed by atoms with Crippen molar-refractivity contribution in [2.75, 3.05) is 12.4 Å². The topological polar surface area (TPSA) is 99.4 Å². The molecular formula is C21H26O6S. The van der Waals surface area contributed by atoms with Gasteiger partial charge in [-0.15, -0.1) is 11.8 Å². The van der Waals surface area contributed by atoms with Gasteiger partial charge in [0, 0.05) is 11.3 Å². The Labute approximate surface area is 168 Å². The SMILES string of the molecule is CCSc1ccc(Cc2ccccc2OC2O[C@H](CO)[C@@H](O)[C@H](O)[C@H]2O)cc1. The molecule has 0 aromatic heterocycles. The average molecular weight is 407 g/mol. The van der Waals surface area contributed by atoms with Crippen LogP contribution in [0.1, 0.15) is 18.1 Å². The van der Waals surface area contributed by atoms with E-state index in [1.165, 1.54) is 4.90 Å². The number of rotatable bonds is 7. The van der Waals surface area contributed by atoms with E-state index in [1.807, 2.05) is 18.2 Å². The third-order valence-corrected chi connectivity index (χ3v) is 5.59. The molecule has 6 nitrogen and oxygen atoms in total. The summed E-state index contributed by atoms with van der Waals surface area (Å²) in [5.74, 6) is 1.54. The summed E-state index contributed by atoms with van der Waals surface area (Å²) in [6, 6.07) is 15.7. The van der Waals surface area contributed by atoms with Gasteiger partial charge in [-0.05, 0) is 35.1 Å². The maximum absolute atomic E-state index is 10.2. The van der Waals surface area contributed by atoms with Crippen LogP contribution in [0.4, 0.5) is 0 Å². The van der Waals surface area contributed by atoms with Crippen molar-refractivity contribution in [1.82, 2.24) is 0 Å². The summed E-state index contributed by atoms with van der Waals surface area (Å²) in [5, 5.41) is 39.4. The van der Waals surface area contributed by atoms with Crippen molar-refractivity contribution in [2.24, 2.45) is 0 Å². The van der Waals surface area contributed by atoms with Crippen LogP contribution in [0.2, 0.25) is 0 Å². The Morgan fingerprint density at radius 1 is 0.964 bits per heavy atom. The summed E-state index contributed by atoms with van der Waals surface area (Å²) in [6.45, 7) is 1.62. The number of para-hydroxylation sites is 1. The quantitative estimate of drug-likeness (QED) is 0.518. The molecule has 3 rings (SSSR count). The first-order chi connectivity index (χ1) is 13.5. The van der Waals surface area contributed by atoms with Gasteiger partial charge < -0.3 is 29.9 Å². The highest BCUT2D eigenvalue weighted by Crippen LogP contribution is 2.28. The van der Waals surface area contributed by atoms with Gasteiger partial charge in [0.05, 0.1) is 6.61 Å². The molecule has 4 N–H and O–H groups in total. The molecule has 0 radical (unpaired) electrons. The minimum atomic E-state index is -1.47.